The second-order valence-corrected chi connectivity index (χ2v) is 4.58. The Bertz CT molecular complexity index is 356. The van der Waals surface area contributed by atoms with Gasteiger partial charge in [0.05, 0.1) is 0 Å². The number of carbonyl (C=O) groups excluding carboxylic acids is 1. The van der Waals surface area contributed by atoms with E-state index in [1.807, 2.05) is 42.3 Å². The van der Waals surface area contributed by atoms with Crippen molar-refractivity contribution in [2.24, 2.45) is 0 Å². The van der Waals surface area contributed by atoms with Gasteiger partial charge >= 0.3 is 6.03 Å². The molecule has 3 heteroatoms. The number of nitrogens with zero attached hydrogens (tertiary/aromatic N) is 2. The Hall–Kier alpha value is -1.51. The zero-order chi connectivity index (χ0) is 12.1. The molecule has 1 saturated heterocycles. The molecule has 3 nitrogen and oxygen atoms in total. The number of carbonyl (C=O) groups is 1. The van der Waals surface area contributed by atoms with Gasteiger partial charge in [0.15, 0.2) is 0 Å². The lowest BCUT2D eigenvalue weighted by atomic mass is 10.2. The van der Waals surface area contributed by atoms with Crippen LogP contribution >= 0.6 is 0 Å². The summed E-state index contributed by atoms with van der Waals surface area (Å²) in [5, 5.41) is 0. The van der Waals surface area contributed by atoms with Gasteiger partial charge in [-0.2, -0.15) is 0 Å². The highest BCUT2D eigenvalue weighted by Crippen LogP contribution is 2.16. The Kier molecular flexibility index (Phi) is 4.02. The molecule has 0 unspecified atom stereocenters. The number of rotatable bonds is 1. The second kappa shape index (κ2) is 5.71. The van der Waals surface area contributed by atoms with E-state index in [4.69, 9.17) is 0 Å². The Morgan fingerprint density at radius 3 is 2.24 bits per heavy atom. The summed E-state index contributed by atoms with van der Waals surface area (Å²) in [6.07, 6.45) is 4.76. The highest BCUT2D eigenvalue weighted by Gasteiger charge is 2.19. The van der Waals surface area contributed by atoms with Gasteiger partial charge in [-0.1, -0.05) is 31.0 Å². The van der Waals surface area contributed by atoms with Crippen LogP contribution in [0.5, 0.6) is 0 Å². The van der Waals surface area contributed by atoms with E-state index in [2.05, 4.69) is 0 Å². The average molecular weight is 232 g/mol. The van der Waals surface area contributed by atoms with Crippen LogP contribution in [0, 0.1) is 0 Å². The molecular formula is C14H20N2O. The van der Waals surface area contributed by atoms with Crippen molar-refractivity contribution in [2.45, 2.75) is 25.7 Å². The summed E-state index contributed by atoms with van der Waals surface area (Å²) in [5.74, 6) is 0. The molecule has 1 aromatic rings. The van der Waals surface area contributed by atoms with Crippen LogP contribution in [0.2, 0.25) is 0 Å². The predicted octanol–water partition coefficient (Wildman–Crippen LogP) is 3.12. The predicted molar refractivity (Wildman–Crippen MR) is 70.3 cm³/mol. The fraction of sp³-hybridized carbons (Fsp3) is 0.500. The number of benzene rings is 1. The van der Waals surface area contributed by atoms with Crippen molar-refractivity contribution in [3.05, 3.63) is 30.3 Å². The van der Waals surface area contributed by atoms with E-state index >= 15 is 0 Å². The Labute approximate surface area is 103 Å². The Morgan fingerprint density at radius 2 is 1.65 bits per heavy atom. The molecule has 2 amide bonds. The molecule has 92 valence electrons. The molecule has 2 rings (SSSR count). The van der Waals surface area contributed by atoms with Crippen molar-refractivity contribution in [3.63, 3.8) is 0 Å². The lowest BCUT2D eigenvalue weighted by Crippen LogP contribution is -2.41. The molecular weight excluding hydrogens is 212 g/mol. The first-order valence-corrected chi connectivity index (χ1v) is 6.37. The number of likely N-dealkylation sites (tertiary alicyclic amines) is 1. The Balaban J connectivity index is 2.03. The number of hydrogen-bond acceptors (Lipinski definition) is 1. The fourth-order valence-corrected chi connectivity index (χ4v) is 2.24. The van der Waals surface area contributed by atoms with E-state index < -0.39 is 0 Å². The van der Waals surface area contributed by atoms with Crippen LogP contribution in [-0.2, 0) is 0 Å². The summed E-state index contributed by atoms with van der Waals surface area (Å²) in [7, 11) is 1.85. The van der Waals surface area contributed by atoms with Gasteiger partial charge in [-0.15, -0.1) is 0 Å². The standard InChI is InChI=1S/C14H20N2O/c1-15(13-9-5-4-6-10-13)14(17)16-11-7-2-3-8-12-16/h4-6,9-10H,2-3,7-8,11-12H2,1H3. The summed E-state index contributed by atoms with van der Waals surface area (Å²) in [5.41, 5.74) is 0.960. The average Bonchev–Trinajstić information content (AvgIpc) is 2.67. The highest BCUT2D eigenvalue weighted by atomic mass is 16.2. The van der Waals surface area contributed by atoms with Gasteiger partial charge in [-0.3, -0.25) is 4.90 Å². The molecule has 0 aromatic heterocycles. The van der Waals surface area contributed by atoms with Crippen molar-refractivity contribution in [1.29, 1.82) is 0 Å². The van der Waals surface area contributed by atoms with E-state index in [1.165, 1.54) is 12.8 Å². The number of urea groups is 1. The van der Waals surface area contributed by atoms with Gasteiger partial charge in [0.2, 0.25) is 0 Å². The first-order valence-electron chi connectivity index (χ1n) is 6.37. The van der Waals surface area contributed by atoms with Crippen LogP contribution < -0.4 is 4.90 Å². The summed E-state index contributed by atoms with van der Waals surface area (Å²) >= 11 is 0. The van der Waals surface area contributed by atoms with E-state index in [0.717, 1.165) is 31.6 Å². The molecule has 17 heavy (non-hydrogen) atoms. The van der Waals surface area contributed by atoms with Crippen molar-refractivity contribution in [2.75, 3.05) is 25.0 Å². The number of anilines is 1. The SMILES string of the molecule is CN(C(=O)N1CCCCCC1)c1ccccc1. The topological polar surface area (TPSA) is 23.6 Å². The zero-order valence-corrected chi connectivity index (χ0v) is 10.4. The van der Waals surface area contributed by atoms with E-state index in [1.54, 1.807) is 4.90 Å². The van der Waals surface area contributed by atoms with Gasteiger partial charge in [0.25, 0.3) is 0 Å². The quantitative estimate of drug-likeness (QED) is 0.729. The first kappa shape index (κ1) is 12.0. The number of para-hydroxylation sites is 1. The van der Waals surface area contributed by atoms with Gasteiger partial charge in [0, 0.05) is 25.8 Å². The zero-order valence-electron chi connectivity index (χ0n) is 10.4. The molecule has 1 heterocycles. The summed E-state index contributed by atoms with van der Waals surface area (Å²) in [4.78, 5) is 16.0. The fourth-order valence-electron chi connectivity index (χ4n) is 2.24. The van der Waals surface area contributed by atoms with Crippen LogP contribution in [0.4, 0.5) is 10.5 Å². The van der Waals surface area contributed by atoms with E-state index in [-0.39, 0.29) is 6.03 Å². The van der Waals surface area contributed by atoms with Crippen LogP contribution in [0.15, 0.2) is 30.3 Å². The van der Waals surface area contributed by atoms with Crippen molar-refractivity contribution in [1.82, 2.24) is 4.90 Å². The van der Waals surface area contributed by atoms with Gasteiger partial charge in [0.1, 0.15) is 0 Å². The molecule has 0 spiro atoms. The molecule has 1 aromatic carbocycles. The minimum Gasteiger partial charge on any atom is -0.324 e. The molecule has 0 saturated carbocycles. The Morgan fingerprint density at radius 1 is 1.06 bits per heavy atom. The highest BCUT2D eigenvalue weighted by molar-refractivity contribution is 5.91. The van der Waals surface area contributed by atoms with E-state index in [9.17, 15) is 4.79 Å². The molecule has 0 radical (unpaired) electrons. The van der Waals surface area contributed by atoms with Crippen LogP contribution in [0.25, 0.3) is 0 Å². The lowest BCUT2D eigenvalue weighted by molar-refractivity contribution is 0.208. The third kappa shape index (κ3) is 2.99. The lowest BCUT2D eigenvalue weighted by Gasteiger charge is -2.27. The van der Waals surface area contributed by atoms with Crippen molar-refractivity contribution in [3.8, 4) is 0 Å². The summed E-state index contributed by atoms with van der Waals surface area (Å²) < 4.78 is 0. The molecule has 0 atom stereocenters. The van der Waals surface area contributed by atoms with Gasteiger partial charge in [-0.05, 0) is 25.0 Å². The molecule has 1 fully saturated rings. The van der Waals surface area contributed by atoms with Crippen molar-refractivity contribution >= 4 is 11.7 Å². The molecule has 0 aliphatic carbocycles. The maximum atomic E-state index is 12.3. The third-order valence-corrected chi connectivity index (χ3v) is 3.31. The first-order chi connectivity index (χ1) is 8.29. The third-order valence-electron chi connectivity index (χ3n) is 3.31. The molecule has 1 aliphatic heterocycles. The molecule has 0 N–H and O–H groups in total. The van der Waals surface area contributed by atoms with Crippen LogP contribution in [0.3, 0.4) is 0 Å². The van der Waals surface area contributed by atoms with Crippen molar-refractivity contribution < 1.29 is 4.79 Å². The molecule has 0 bridgehead atoms. The monoisotopic (exact) mass is 232 g/mol. The summed E-state index contributed by atoms with van der Waals surface area (Å²) in [6.45, 7) is 1.80. The number of amides is 2. The maximum Gasteiger partial charge on any atom is 0.324 e. The van der Waals surface area contributed by atoms with Crippen LogP contribution in [-0.4, -0.2) is 31.1 Å². The maximum absolute atomic E-state index is 12.3. The van der Waals surface area contributed by atoms with Gasteiger partial charge < -0.3 is 4.90 Å². The van der Waals surface area contributed by atoms with Gasteiger partial charge in [-0.25, -0.2) is 4.79 Å². The second-order valence-electron chi connectivity index (χ2n) is 4.58. The number of hydrogen-bond donors (Lipinski definition) is 0. The van der Waals surface area contributed by atoms with E-state index in [0.29, 0.717) is 0 Å². The smallest absolute Gasteiger partial charge is 0.324 e. The minimum absolute atomic E-state index is 0.123. The molecule has 1 aliphatic rings. The summed E-state index contributed by atoms with van der Waals surface area (Å²) in [6, 6.07) is 9.94. The minimum atomic E-state index is 0.123. The largest absolute Gasteiger partial charge is 0.324 e. The normalized spacial score (nSPS) is 16.4. The van der Waals surface area contributed by atoms with Crippen LogP contribution in [0.1, 0.15) is 25.7 Å².